The van der Waals surface area contributed by atoms with E-state index in [1.807, 2.05) is 30.3 Å². The molecule has 1 N–H and O–H groups in total. The maximum absolute atomic E-state index is 14.1. The van der Waals surface area contributed by atoms with Crippen LogP contribution in [0.2, 0.25) is 0 Å². The fraction of sp³-hybridized carbons (Fsp3) is 0.115. The van der Waals surface area contributed by atoms with Crippen molar-refractivity contribution in [1.82, 2.24) is 0 Å². The van der Waals surface area contributed by atoms with Crippen molar-refractivity contribution in [2.45, 2.75) is 18.9 Å². The summed E-state index contributed by atoms with van der Waals surface area (Å²) in [5.41, 5.74) is 4.80. The summed E-state index contributed by atoms with van der Waals surface area (Å²) >= 11 is 1.35. The Hall–Kier alpha value is -3.31. The van der Waals surface area contributed by atoms with Gasteiger partial charge in [-0.2, -0.15) is 0 Å². The molecule has 1 aliphatic rings. The Morgan fingerprint density at radius 1 is 0.774 bits per heavy atom. The van der Waals surface area contributed by atoms with Crippen molar-refractivity contribution < 1.29 is 13.9 Å². The average molecular weight is 432 g/mol. The summed E-state index contributed by atoms with van der Waals surface area (Å²) in [5.74, 6) is -1.12. The first kappa shape index (κ1) is 19.6. The predicted octanol–water partition coefficient (Wildman–Crippen LogP) is 7.39. The van der Waals surface area contributed by atoms with Crippen LogP contribution in [0.15, 0.2) is 83.9 Å². The van der Waals surface area contributed by atoms with Crippen LogP contribution in [0.1, 0.15) is 30.0 Å². The van der Waals surface area contributed by atoms with E-state index in [9.17, 15) is 13.9 Å². The van der Waals surface area contributed by atoms with Crippen molar-refractivity contribution in [3.8, 4) is 26.6 Å². The molecular formula is C26H19F2NOS. The van der Waals surface area contributed by atoms with Crippen molar-refractivity contribution in [2.75, 3.05) is 0 Å². The van der Waals surface area contributed by atoms with Crippen molar-refractivity contribution in [3.63, 3.8) is 0 Å². The third kappa shape index (κ3) is 3.89. The Bertz CT molecular complexity index is 1240. The number of nitrogens with zero attached hydrogens (tertiary/aromatic N) is 1. The maximum Gasteiger partial charge on any atom is 0.171 e. The number of benzene rings is 3. The lowest BCUT2D eigenvalue weighted by Crippen LogP contribution is -2.03. The van der Waals surface area contributed by atoms with Gasteiger partial charge in [0.05, 0.1) is 11.6 Å². The van der Waals surface area contributed by atoms with E-state index in [1.54, 1.807) is 6.07 Å². The molecule has 0 aliphatic carbocycles. The summed E-state index contributed by atoms with van der Waals surface area (Å²) in [5, 5.41) is 9.85. The SMILES string of the molecule is Oc1ccc(-c2ccc(-c3ccc(C4CCC(c5c(F)cccc5F)=N4)cc3)cc2)s1. The van der Waals surface area contributed by atoms with Gasteiger partial charge in [0.2, 0.25) is 0 Å². The molecule has 31 heavy (non-hydrogen) atoms. The van der Waals surface area contributed by atoms with Gasteiger partial charge in [-0.25, -0.2) is 8.78 Å². The van der Waals surface area contributed by atoms with E-state index < -0.39 is 11.6 Å². The molecular weight excluding hydrogens is 412 g/mol. The van der Waals surface area contributed by atoms with Crippen LogP contribution in [0, 0.1) is 11.6 Å². The number of hydrogen-bond donors (Lipinski definition) is 1. The van der Waals surface area contributed by atoms with Gasteiger partial charge in [0.15, 0.2) is 5.06 Å². The molecule has 154 valence electrons. The Kier molecular flexibility index (Phi) is 5.12. The summed E-state index contributed by atoms with van der Waals surface area (Å²) in [6.07, 6.45) is 1.30. The molecule has 0 amide bonds. The second kappa shape index (κ2) is 8.08. The van der Waals surface area contributed by atoms with E-state index in [4.69, 9.17) is 0 Å². The standard InChI is InChI=1S/C26H19F2NOS/c27-20-2-1-3-21(28)26(20)23-13-12-22(29-23)18-8-4-16(5-9-18)17-6-10-19(11-7-17)24-14-15-25(30)31-24/h1-11,14-15,22,30H,12-13H2. The van der Waals surface area contributed by atoms with Crippen LogP contribution in [0.5, 0.6) is 5.06 Å². The monoisotopic (exact) mass is 431 g/mol. The number of aliphatic imine (C=N–C) groups is 1. The Labute approximate surface area is 183 Å². The van der Waals surface area contributed by atoms with Crippen molar-refractivity contribution in [1.29, 1.82) is 0 Å². The average Bonchev–Trinajstić information content (AvgIpc) is 3.44. The minimum atomic E-state index is -0.559. The summed E-state index contributed by atoms with van der Waals surface area (Å²) in [4.78, 5) is 5.65. The quantitative estimate of drug-likeness (QED) is 0.359. The Morgan fingerprint density at radius 3 is 2.00 bits per heavy atom. The molecule has 0 fully saturated rings. The summed E-state index contributed by atoms with van der Waals surface area (Å²) in [7, 11) is 0. The molecule has 4 aromatic rings. The van der Waals surface area contributed by atoms with Crippen molar-refractivity contribution >= 4 is 17.0 Å². The zero-order valence-electron chi connectivity index (χ0n) is 16.6. The van der Waals surface area contributed by atoms with Gasteiger partial charge in [-0.1, -0.05) is 65.9 Å². The second-order valence-corrected chi connectivity index (χ2v) is 8.63. The third-order valence-corrected chi connectivity index (χ3v) is 6.54. The largest absolute Gasteiger partial charge is 0.499 e. The van der Waals surface area contributed by atoms with Gasteiger partial charge in [0.25, 0.3) is 0 Å². The molecule has 2 nitrogen and oxygen atoms in total. The van der Waals surface area contributed by atoms with E-state index in [-0.39, 0.29) is 11.6 Å². The normalized spacial score (nSPS) is 15.8. The molecule has 3 aromatic carbocycles. The second-order valence-electron chi connectivity index (χ2n) is 7.56. The molecule has 0 spiro atoms. The number of rotatable bonds is 4. The van der Waals surface area contributed by atoms with Crippen LogP contribution in [0.4, 0.5) is 8.78 Å². The molecule has 5 heteroatoms. The fourth-order valence-electron chi connectivity index (χ4n) is 4.00. The van der Waals surface area contributed by atoms with E-state index >= 15 is 0 Å². The lowest BCUT2D eigenvalue weighted by atomic mass is 9.98. The molecule has 0 bridgehead atoms. The number of hydrogen-bond acceptors (Lipinski definition) is 3. The Balaban J connectivity index is 1.35. The molecule has 0 saturated carbocycles. The fourth-order valence-corrected chi connectivity index (χ4v) is 4.75. The lowest BCUT2D eigenvalue weighted by Gasteiger charge is -2.09. The predicted molar refractivity (Wildman–Crippen MR) is 122 cm³/mol. The minimum absolute atomic E-state index is 0.000712. The van der Waals surface area contributed by atoms with Gasteiger partial charge in [0.1, 0.15) is 11.6 Å². The molecule has 0 saturated heterocycles. The third-order valence-electron chi connectivity index (χ3n) is 5.61. The summed E-state index contributed by atoms with van der Waals surface area (Å²) in [6, 6.07) is 23.8. The molecule has 0 radical (unpaired) electrons. The zero-order valence-corrected chi connectivity index (χ0v) is 17.4. The lowest BCUT2D eigenvalue weighted by molar-refractivity contribution is 0.491. The van der Waals surface area contributed by atoms with Crippen LogP contribution >= 0.6 is 11.3 Å². The molecule has 1 atom stereocenters. The van der Waals surface area contributed by atoms with Gasteiger partial charge in [-0.15, -0.1) is 0 Å². The van der Waals surface area contributed by atoms with Crippen molar-refractivity contribution in [2.24, 2.45) is 4.99 Å². The topological polar surface area (TPSA) is 32.6 Å². The molecule has 1 aromatic heterocycles. The first-order chi connectivity index (χ1) is 15.1. The van der Waals surface area contributed by atoms with Gasteiger partial charge in [-0.3, -0.25) is 4.99 Å². The highest BCUT2D eigenvalue weighted by Gasteiger charge is 2.24. The van der Waals surface area contributed by atoms with E-state index in [0.29, 0.717) is 17.2 Å². The first-order valence-corrected chi connectivity index (χ1v) is 10.9. The van der Waals surface area contributed by atoms with Crippen LogP contribution < -0.4 is 0 Å². The van der Waals surface area contributed by atoms with Gasteiger partial charge < -0.3 is 5.11 Å². The number of thiophene rings is 1. The minimum Gasteiger partial charge on any atom is -0.499 e. The van der Waals surface area contributed by atoms with Gasteiger partial charge in [-0.05, 0) is 59.4 Å². The molecule has 1 aliphatic heterocycles. The highest BCUT2D eigenvalue weighted by atomic mass is 32.1. The Morgan fingerprint density at radius 2 is 1.39 bits per heavy atom. The number of aromatic hydroxyl groups is 1. The zero-order chi connectivity index (χ0) is 21.4. The first-order valence-electron chi connectivity index (χ1n) is 10.1. The van der Waals surface area contributed by atoms with Crippen LogP contribution in [-0.4, -0.2) is 10.8 Å². The number of halogens is 2. The van der Waals surface area contributed by atoms with Crippen LogP contribution in [0.25, 0.3) is 21.6 Å². The molecule has 2 heterocycles. The highest BCUT2D eigenvalue weighted by Crippen LogP contribution is 2.35. The summed E-state index contributed by atoms with van der Waals surface area (Å²) in [6.45, 7) is 0. The van der Waals surface area contributed by atoms with E-state index in [2.05, 4.69) is 29.3 Å². The molecule has 5 rings (SSSR count). The summed E-state index contributed by atoms with van der Waals surface area (Å²) < 4.78 is 28.2. The van der Waals surface area contributed by atoms with Gasteiger partial charge in [0, 0.05) is 10.6 Å². The van der Waals surface area contributed by atoms with Crippen LogP contribution in [0.3, 0.4) is 0 Å². The molecule has 1 unspecified atom stereocenters. The van der Waals surface area contributed by atoms with Crippen molar-refractivity contribution in [3.05, 3.63) is 102 Å². The highest BCUT2D eigenvalue weighted by molar-refractivity contribution is 7.17. The van der Waals surface area contributed by atoms with Gasteiger partial charge >= 0.3 is 0 Å². The van der Waals surface area contributed by atoms with E-state index in [1.165, 1.54) is 29.5 Å². The smallest absolute Gasteiger partial charge is 0.171 e. The van der Waals surface area contributed by atoms with E-state index in [0.717, 1.165) is 33.6 Å². The maximum atomic E-state index is 14.1. The van der Waals surface area contributed by atoms with Crippen LogP contribution in [-0.2, 0) is 0 Å².